The average molecular weight is 291 g/mol. The van der Waals surface area contributed by atoms with Crippen molar-refractivity contribution in [2.75, 3.05) is 5.32 Å². The Balaban J connectivity index is 2.26. The number of phenolic OH excluding ortho intramolecular Hbond substituents is 1. The summed E-state index contributed by atoms with van der Waals surface area (Å²) in [5, 5.41) is 20.8. The van der Waals surface area contributed by atoms with Gasteiger partial charge in [0, 0.05) is 5.02 Å². The van der Waals surface area contributed by atoms with Gasteiger partial charge in [0.2, 0.25) is 0 Å². The lowest BCUT2D eigenvalue weighted by atomic mass is 10.1. The number of anilines is 1. The zero-order valence-corrected chi connectivity index (χ0v) is 10.8. The zero-order chi connectivity index (χ0) is 14.7. The van der Waals surface area contributed by atoms with Crippen LogP contribution >= 0.6 is 11.6 Å². The fourth-order valence-electron chi connectivity index (χ4n) is 1.57. The van der Waals surface area contributed by atoms with Crippen molar-refractivity contribution in [3.05, 3.63) is 58.4 Å². The smallest absolute Gasteiger partial charge is 0.259 e. The third-order valence-electron chi connectivity index (χ3n) is 2.55. The van der Waals surface area contributed by atoms with Crippen molar-refractivity contribution >= 4 is 23.2 Å². The van der Waals surface area contributed by atoms with E-state index in [0.29, 0.717) is 0 Å². The number of nitrogens with one attached hydrogen (secondary N) is 1. The van der Waals surface area contributed by atoms with E-state index in [1.54, 1.807) is 6.07 Å². The van der Waals surface area contributed by atoms with E-state index in [1.807, 2.05) is 0 Å². The van der Waals surface area contributed by atoms with Gasteiger partial charge in [0.05, 0.1) is 22.9 Å². The van der Waals surface area contributed by atoms with Gasteiger partial charge >= 0.3 is 0 Å². The Labute approximate surface area is 119 Å². The summed E-state index contributed by atoms with van der Waals surface area (Å²) in [5.41, 5.74) is 0.0383. The summed E-state index contributed by atoms with van der Waals surface area (Å²) >= 11 is 5.66. The number of halogens is 2. The van der Waals surface area contributed by atoms with Gasteiger partial charge in [0.15, 0.2) is 0 Å². The van der Waals surface area contributed by atoms with E-state index in [9.17, 15) is 14.3 Å². The van der Waals surface area contributed by atoms with Gasteiger partial charge in [0.1, 0.15) is 11.6 Å². The summed E-state index contributed by atoms with van der Waals surface area (Å²) in [6, 6.07) is 9.43. The Hall–Kier alpha value is -2.58. The van der Waals surface area contributed by atoms with Gasteiger partial charge in [-0.25, -0.2) is 4.39 Å². The van der Waals surface area contributed by atoms with Crippen LogP contribution in [0.1, 0.15) is 15.9 Å². The molecule has 2 aromatic carbocycles. The summed E-state index contributed by atoms with van der Waals surface area (Å²) in [6.07, 6.45) is 0. The number of hydrogen-bond donors (Lipinski definition) is 2. The average Bonchev–Trinajstić information content (AvgIpc) is 2.40. The number of aromatic hydroxyl groups is 1. The Morgan fingerprint density at radius 3 is 2.65 bits per heavy atom. The molecule has 0 aliphatic carbocycles. The van der Waals surface area contributed by atoms with Gasteiger partial charge < -0.3 is 10.4 Å². The minimum atomic E-state index is -0.731. The van der Waals surface area contributed by atoms with Crippen molar-refractivity contribution < 1.29 is 14.3 Å². The third kappa shape index (κ3) is 2.87. The molecule has 0 aliphatic heterocycles. The number of carbonyl (C=O) groups excluding carboxylic acids is 1. The first-order valence-corrected chi connectivity index (χ1v) is 5.88. The first kappa shape index (κ1) is 13.8. The Kier molecular flexibility index (Phi) is 3.87. The maximum absolute atomic E-state index is 13.6. The quantitative estimate of drug-likeness (QED) is 0.891. The molecule has 0 radical (unpaired) electrons. The van der Waals surface area contributed by atoms with Gasteiger partial charge in [0.25, 0.3) is 5.91 Å². The Bertz CT molecular complexity index is 726. The number of amides is 1. The first-order valence-electron chi connectivity index (χ1n) is 5.51. The summed E-state index contributed by atoms with van der Waals surface area (Å²) in [5.74, 6) is -1.71. The molecule has 4 nitrogen and oxygen atoms in total. The molecule has 0 aliphatic rings. The summed E-state index contributed by atoms with van der Waals surface area (Å²) in [4.78, 5) is 11.9. The standard InChI is InChI=1S/C14H8ClFN2O2/c15-9-2-3-10(13(19)6-9)14(20)18-12-4-1-8(7-17)5-11(12)16/h1-6,19H,(H,18,20). The highest BCUT2D eigenvalue weighted by Gasteiger charge is 2.13. The van der Waals surface area contributed by atoms with E-state index in [4.69, 9.17) is 16.9 Å². The topological polar surface area (TPSA) is 73.1 Å². The number of nitriles is 1. The molecule has 0 unspecified atom stereocenters. The van der Waals surface area contributed by atoms with Crippen molar-refractivity contribution in [1.82, 2.24) is 0 Å². The maximum atomic E-state index is 13.6. The molecule has 0 aromatic heterocycles. The van der Waals surface area contributed by atoms with E-state index >= 15 is 0 Å². The van der Waals surface area contributed by atoms with Crippen LogP contribution in [0.4, 0.5) is 10.1 Å². The molecule has 20 heavy (non-hydrogen) atoms. The molecule has 1 amide bonds. The van der Waals surface area contributed by atoms with Crippen LogP contribution in [0.3, 0.4) is 0 Å². The van der Waals surface area contributed by atoms with Crippen LogP contribution in [0, 0.1) is 17.1 Å². The van der Waals surface area contributed by atoms with E-state index in [-0.39, 0.29) is 27.6 Å². The number of carbonyl (C=O) groups is 1. The number of phenols is 1. The maximum Gasteiger partial charge on any atom is 0.259 e. The molecule has 0 atom stereocenters. The fourth-order valence-corrected chi connectivity index (χ4v) is 1.74. The van der Waals surface area contributed by atoms with Crippen molar-refractivity contribution in [3.8, 4) is 11.8 Å². The molecule has 0 fully saturated rings. The van der Waals surface area contributed by atoms with Gasteiger partial charge in [-0.1, -0.05) is 11.6 Å². The molecule has 0 saturated heterocycles. The molecule has 6 heteroatoms. The van der Waals surface area contributed by atoms with Crippen LogP contribution in [-0.2, 0) is 0 Å². The molecule has 0 saturated carbocycles. The van der Waals surface area contributed by atoms with Crippen LogP contribution in [0.15, 0.2) is 36.4 Å². The molecule has 0 heterocycles. The normalized spacial score (nSPS) is 9.85. The van der Waals surface area contributed by atoms with Crippen molar-refractivity contribution in [1.29, 1.82) is 5.26 Å². The minimum Gasteiger partial charge on any atom is -0.507 e. The van der Waals surface area contributed by atoms with E-state index in [2.05, 4.69) is 5.32 Å². The Morgan fingerprint density at radius 1 is 1.30 bits per heavy atom. The van der Waals surface area contributed by atoms with Gasteiger partial charge in [-0.05, 0) is 36.4 Å². The number of nitrogens with zero attached hydrogens (tertiary/aromatic N) is 1. The lowest BCUT2D eigenvalue weighted by Crippen LogP contribution is -2.13. The van der Waals surface area contributed by atoms with Crippen LogP contribution < -0.4 is 5.32 Å². The first-order chi connectivity index (χ1) is 9.51. The van der Waals surface area contributed by atoms with E-state index < -0.39 is 11.7 Å². The lowest BCUT2D eigenvalue weighted by Gasteiger charge is -2.08. The third-order valence-corrected chi connectivity index (χ3v) is 2.79. The largest absolute Gasteiger partial charge is 0.507 e. The van der Waals surface area contributed by atoms with Crippen molar-refractivity contribution in [3.63, 3.8) is 0 Å². The fraction of sp³-hybridized carbons (Fsp3) is 0. The lowest BCUT2D eigenvalue weighted by molar-refractivity contribution is 0.102. The van der Waals surface area contributed by atoms with Crippen LogP contribution in [0.5, 0.6) is 5.75 Å². The molecule has 2 rings (SSSR count). The molecule has 2 N–H and O–H groups in total. The highest BCUT2D eigenvalue weighted by Crippen LogP contribution is 2.23. The Morgan fingerprint density at radius 2 is 2.05 bits per heavy atom. The molecule has 2 aromatic rings. The number of rotatable bonds is 2. The van der Waals surface area contributed by atoms with Crippen molar-refractivity contribution in [2.24, 2.45) is 0 Å². The molecule has 0 bridgehead atoms. The molecule has 100 valence electrons. The van der Waals surface area contributed by atoms with Gasteiger partial charge in [-0.2, -0.15) is 5.26 Å². The minimum absolute atomic E-state index is 0.0295. The predicted octanol–water partition coefficient (Wildman–Crippen LogP) is 3.31. The SMILES string of the molecule is N#Cc1ccc(NC(=O)c2ccc(Cl)cc2O)c(F)c1. The van der Waals surface area contributed by atoms with E-state index in [0.717, 1.165) is 6.07 Å². The summed E-state index contributed by atoms with van der Waals surface area (Å²) < 4.78 is 13.6. The van der Waals surface area contributed by atoms with Crippen LogP contribution in [0.2, 0.25) is 5.02 Å². The van der Waals surface area contributed by atoms with Gasteiger partial charge in [-0.3, -0.25) is 4.79 Å². The second-order valence-corrected chi connectivity index (χ2v) is 4.36. The monoisotopic (exact) mass is 290 g/mol. The second-order valence-electron chi connectivity index (χ2n) is 3.92. The van der Waals surface area contributed by atoms with E-state index in [1.165, 1.54) is 30.3 Å². The molecular formula is C14H8ClFN2O2. The van der Waals surface area contributed by atoms with Gasteiger partial charge in [-0.15, -0.1) is 0 Å². The highest BCUT2D eigenvalue weighted by atomic mass is 35.5. The van der Waals surface area contributed by atoms with Crippen LogP contribution in [-0.4, -0.2) is 11.0 Å². The second kappa shape index (κ2) is 5.59. The zero-order valence-electron chi connectivity index (χ0n) is 10.0. The van der Waals surface area contributed by atoms with Crippen molar-refractivity contribution in [2.45, 2.75) is 0 Å². The summed E-state index contributed by atoms with van der Waals surface area (Å²) in [6.45, 7) is 0. The molecular weight excluding hydrogens is 283 g/mol. The predicted molar refractivity (Wildman–Crippen MR) is 72.2 cm³/mol. The highest BCUT2D eigenvalue weighted by molar-refractivity contribution is 6.30. The number of hydrogen-bond acceptors (Lipinski definition) is 3. The summed E-state index contributed by atoms with van der Waals surface area (Å²) in [7, 11) is 0. The van der Waals surface area contributed by atoms with Crippen LogP contribution in [0.25, 0.3) is 0 Å². The number of benzene rings is 2. The molecule has 0 spiro atoms.